The standard InChI is InChI=1S/C25H16Cl2N4O2S/c26-16-10-15(11-17(27)12-16)24(32)29-19-7-8-20-21(13-19)31-23(30-20)14-3-5-18(6-4-14)28-25(33)22-2-1-9-34-22/h1-13H,(H,28,33)(H,29,32)(H,30,31). The largest absolute Gasteiger partial charge is 0.338 e. The van der Waals surface area contributed by atoms with Gasteiger partial charge in [-0.25, -0.2) is 4.98 Å². The highest BCUT2D eigenvalue weighted by Gasteiger charge is 2.11. The van der Waals surface area contributed by atoms with Crippen molar-refractivity contribution in [1.82, 2.24) is 9.97 Å². The number of amides is 2. The number of rotatable bonds is 5. The van der Waals surface area contributed by atoms with Gasteiger partial charge in [0.05, 0.1) is 15.9 Å². The van der Waals surface area contributed by atoms with E-state index in [4.69, 9.17) is 23.2 Å². The third kappa shape index (κ3) is 4.82. The predicted molar refractivity (Wildman–Crippen MR) is 138 cm³/mol. The normalized spacial score (nSPS) is 10.9. The molecular weight excluding hydrogens is 491 g/mol. The lowest BCUT2D eigenvalue weighted by atomic mass is 10.2. The molecule has 0 fully saturated rings. The van der Waals surface area contributed by atoms with Crippen molar-refractivity contribution in [3.05, 3.63) is 98.7 Å². The first kappa shape index (κ1) is 22.2. The maximum Gasteiger partial charge on any atom is 0.265 e. The van der Waals surface area contributed by atoms with E-state index in [2.05, 4.69) is 20.6 Å². The monoisotopic (exact) mass is 506 g/mol. The summed E-state index contributed by atoms with van der Waals surface area (Å²) in [5.41, 5.74) is 4.07. The van der Waals surface area contributed by atoms with Gasteiger partial charge >= 0.3 is 0 Å². The summed E-state index contributed by atoms with van der Waals surface area (Å²) in [6.07, 6.45) is 0. The molecule has 2 aromatic heterocycles. The van der Waals surface area contributed by atoms with Gasteiger partial charge in [-0.2, -0.15) is 0 Å². The Morgan fingerprint density at radius 1 is 0.824 bits per heavy atom. The number of aromatic amines is 1. The summed E-state index contributed by atoms with van der Waals surface area (Å²) >= 11 is 13.4. The van der Waals surface area contributed by atoms with Crippen molar-refractivity contribution >= 4 is 68.8 Å². The second-order valence-corrected chi connectivity index (χ2v) is 9.26. The third-order valence-electron chi connectivity index (χ3n) is 5.03. The number of nitrogens with one attached hydrogen (secondary N) is 3. The van der Waals surface area contributed by atoms with Gasteiger partial charge in [-0.3, -0.25) is 9.59 Å². The SMILES string of the molecule is O=C(Nc1ccc2nc(-c3ccc(NC(=O)c4cccs4)cc3)[nH]c2c1)c1cc(Cl)cc(Cl)c1. The molecular formula is C25H16Cl2N4O2S. The van der Waals surface area contributed by atoms with Crippen molar-refractivity contribution in [2.75, 3.05) is 10.6 Å². The Kier molecular flexibility index (Phi) is 6.06. The lowest BCUT2D eigenvalue weighted by Crippen LogP contribution is -2.11. The molecule has 0 aliphatic carbocycles. The molecule has 0 aliphatic rings. The summed E-state index contributed by atoms with van der Waals surface area (Å²) in [7, 11) is 0. The van der Waals surface area contributed by atoms with E-state index in [9.17, 15) is 9.59 Å². The second-order valence-electron chi connectivity index (χ2n) is 7.44. The first-order valence-corrected chi connectivity index (χ1v) is 11.8. The lowest BCUT2D eigenvalue weighted by molar-refractivity contribution is 0.102. The van der Waals surface area contributed by atoms with Gasteiger partial charge in [0, 0.05) is 32.5 Å². The first-order chi connectivity index (χ1) is 16.4. The number of anilines is 2. The Labute approximate surface area is 208 Å². The topological polar surface area (TPSA) is 86.9 Å². The molecule has 0 unspecified atom stereocenters. The van der Waals surface area contributed by atoms with E-state index in [0.717, 1.165) is 16.6 Å². The molecule has 0 bridgehead atoms. The Morgan fingerprint density at radius 2 is 1.53 bits per heavy atom. The van der Waals surface area contributed by atoms with E-state index >= 15 is 0 Å². The predicted octanol–water partition coefficient (Wildman–Crippen LogP) is 7.10. The molecule has 3 N–H and O–H groups in total. The minimum atomic E-state index is -0.316. The van der Waals surface area contributed by atoms with Crippen molar-refractivity contribution < 1.29 is 9.59 Å². The smallest absolute Gasteiger partial charge is 0.265 e. The van der Waals surface area contributed by atoms with E-state index in [-0.39, 0.29) is 11.8 Å². The number of benzene rings is 3. The summed E-state index contributed by atoms with van der Waals surface area (Å²) < 4.78 is 0. The fraction of sp³-hybridized carbons (Fsp3) is 0. The van der Waals surface area contributed by atoms with E-state index < -0.39 is 0 Å². The fourth-order valence-corrected chi connectivity index (χ4v) is 4.57. The molecule has 168 valence electrons. The number of nitrogens with zero attached hydrogens (tertiary/aromatic N) is 1. The molecule has 2 amide bonds. The van der Waals surface area contributed by atoms with Crippen LogP contribution in [0.3, 0.4) is 0 Å². The number of imidazole rings is 1. The quantitative estimate of drug-likeness (QED) is 0.237. The molecule has 2 heterocycles. The summed E-state index contributed by atoms with van der Waals surface area (Å²) in [5, 5.41) is 8.38. The van der Waals surface area contributed by atoms with Gasteiger partial charge in [0.25, 0.3) is 11.8 Å². The van der Waals surface area contributed by atoms with Crippen LogP contribution < -0.4 is 10.6 Å². The van der Waals surface area contributed by atoms with Crippen molar-refractivity contribution in [3.8, 4) is 11.4 Å². The molecule has 0 spiro atoms. The Balaban J connectivity index is 1.32. The zero-order valence-corrected chi connectivity index (χ0v) is 19.8. The van der Waals surface area contributed by atoms with Crippen LogP contribution in [0, 0.1) is 0 Å². The Morgan fingerprint density at radius 3 is 2.24 bits per heavy atom. The van der Waals surface area contributed by atoms with Crippen molar-refractivity contribution in [1.29, 1.82) is 0 Å². The molecule has 0 saturated heterocycles. The second kappa shape index (κ2) is 9.30. The number of hydrogen-bond donors (Lipinski definition) is 3. The van der Waals surface area contributed by atoms with Crippen molar-refractivity contribution in [2.24, 2.45) is 0 Å². The van der Waals surface area contributed by atoms with Gasteiger partial charge < -0.3 is 15.6 Å². The number of carbonyl (C=O) groups is 2. The average Bonchev–Trinajstić information content (AvgIpc) is 3.49. The molecule has 3 aromatic carbocycles. The first-order valence-electron chi connectivity index (χ1n) is 10.2. The van der Waals surface area contributed by atoms with E-state index in [1.807, 2.05) is 47.8 Å². The highest BCUT2D eigenvalue weighted by Crippen LogP contribution is 2.25. The molecule has 0 radical (unpaired) electrons. The minimum Gasteiger partial charge on any atom is -0.338 e. The lowest BCUT2D eigenvalue weighted by Gasteiger charge is -2.06. The molecule has 5 rings (SSSR count). The van der Waals surface area contributed by atoms with Gasteiger partial charge in [0.15, 0.2) is 0 Å². The minimum absolute atomic E-state index is 0.138. The zero-order valence-electron chi connectivity index (χ0n) is 17.4. The fourth-order valence-electron chi connectivity index (χ4n) is 3.42. The van der Waals surface area contributed by atoms with Gasteiger partial charge in [0.1, 0.15) is 5.82 Å². The van der Waals surface area contributed by atoms with Crippen molar-refractivity contribution in [2.45, 2.75) is 0 Å². The number of halogens is 2. The highest BCUT2D eigenvalue weighted by atomic mass is 35.5. The summed E-state index contributed by atoms with van der Waals surface area (Å²) in [5.74, 6) is 0.223. The van der Waals surface area contributed by atoms with Crippen LogP contribution >= 0.6 is 34.5 Å². The van der Waals surface area contributed by atoms with E-state index in [0.29, 0.717) is 37.7 Å². The van der Waals surface area contributed by atoms with Gasteiger partial charge in [-0.1, -0.05) is 29.3 Å². The van der Waals surface area contributed by atoms with Gasteiger partial charge in [-0.05, 0) is 72.1 Å². The van der Waals surface area contributed by atoms with Crippen LogP contribution in [-0.4, -0.2) is 21.8 Å². The van der Waals surface area contributed by atoms with Crippen LogP contribution in [0.15, 0.2) is 78.2 Å². The van der Waals surface area contributed by atoms with E-state index in [1.165, 1.54) is 11.3 Å². The van der Waals surface area contributed by atoms with Crippen LogP contribution in [0.2, 0.25) is 10.0 Å². The summed E-state index contributed by atoms with van der Waals surface area (Å²) in [6, 6.07) is 21.1. The Bertz CT molecular complexity index is 1490. The molecule has 0 aliphatic heterocycles. The van der Waals surface area contributed by atoms with Crippen LogP contribution in [0.25, 0.3) is 22.4 Å². The number of aromatic nitrogens is 2. The molecule has 5 aromatic rings. The molecule has 9 heteroatoms. The maximum atomic E-state index is 12.6. The maximum absolute atomic E-state index is 12.6. The van der Waals surface area contributed by atoms with Crippen LogP contribution in [0.1, 0.15) is 20.0 Å². The summed E-state index contributed by atoms with van der Waals surface area (Å²) in [6.45, 7) is 0. The van der Waals surface area contributed by atoms with Gasteiger partial charge in [-0.15, -0.1) is 11.3 Å². The van der Waals surface area contributed by atoms with E-state index in [1.54, 1.807) is 30.3 Å². The van der Waals surface area contributed by atoms with Crippen LogP contribution in [0.5, 0.6) is 0 Å². The molecule has 0 saturated carbocycles. The zero-order chi connectivity index (χ0) is 23.7. The highest BCUT2D eigenvalue weighted by molar-refractivity contribution is 7.12. The molecule has 0 atom stereocenters. The third-order valence-corrected chi connectivity index (χ3v) is 6.33. The molecule has 34 heavy (non-hydrogen) atoms. The molecule has 6 nitrogen and oxygen atoms in total. The number of carbonyl (C=O) groups excluding carboxylic acids is 2. The Hall–Kier alpha value is -3.65. The average molecular weight is 507 g/mol. The van der Waals surface area contributed by atoms with Gasteiger partial charge in [0.2, 0.25) is 0 Å². The number of H-pyrrole nitrogens is 1. The number of thiophene rings is 1. The van der Waals surface area contributed by atoms with Crippen LogP contribution in [0.4, 0.5) is 11.4 Å². The van der Waals surface area contributed by atoms with Crippen LogP contribution in [-0.2, 0) is 0 Å². The summed E-state index contributed by atoms with van der Waals surface area (Å²) in [4.78, 5) is 33.4. The number of hydrogen-bond acceptors (Lipinski definition) is 4. The number of fused-ring (bicyclic) bond motifs is 1. The van der Waals surface area contributed by atoms with Crippen molar-refractivity contribution in [3.63, 3.8) is 0 Å².